The van der Waals surface area contributed by atoms with E-state index in [2.05, 4.69) is 15.9 Å². The number of nitro benzene ring substituents is 1. The molecule has 18 heavy (non-hydrogen) atoms. The van der Waals surface area contributed by atoms with Crippen LogP contribution >= 0.6 is 27.3 Å². The Morgan fingerprint density at radius 3 is 2.78 bits per heavy atom. The molecule has 1 aromatic heterocycles. The molecule has 0 saturated heterocycles. The van der Waals surface area contributed by atoms with Gasteiger partial charge >= 0.3 is 0 Å². The van der Waals surface area contributed by atoms with E-state index in [0.717, 1.165) is 8.66 Å². The summed E-state index contributed by atoms with van der Waals surface area (Å²) in [6, 6.07) is 8.75. The number of hydrogen-bond acceptors (Lipinski definition) is 4. The first kappa shape index (κ1) is 13.0. The fraction of sp³-hybridized carbons (Fsp3) is 0.167. The van der Waals surface area contributed by atoms with Gasteiger partial charge in [0, 0.05) is 10.9 Å². The average Bonchev–Trinajstić information content (AvgIpc) is 2.73. The zero-order valence-corrected chi connectivity index (χ0v) is 12.0. The molecule has 0 fully saturated rings. The van der Waals surface area contributed by atoms with Crippen molar-refractivity contribution in [2.24, 2.45) is 0 Å². The highest BCUT2D eigenvalue weighted by atomic mass is 79.9. The summed E-state index contributed by atoms with van der Waals surface area (Å²) in [6.45, 7) is 2.11. The standard InChI is InChI=1S/C12H10BrNO3S/c1-8-10(14(15)16)3-2-4-11(8)17-7-9-5-6-12(13)18-9/h2-6H,7H2,1H3. The highest BCUT2D eigenvalue weighted by Gasteiger charge is 2.14. The van der Waals surface area contributed by atoms with E-state index in [0.29, 0.717) is 17.9 Å². The Balaban J connectivity index is 2.14. The molecule has 0 spiro atoms. The van der Waals surface area contributed by atoms with Crippen LogP contribution in [0, 0.1) is 17.0 Å². The second kappa shape index (κ2) is 5.49. The Morgan fingerprint density at radius 1 is 1.39 bits per heavy atom. The van der Waals surface area contributed by atoms with Gasteiger partial charge in [-0.05, 0) is 41.1 Å². The van der Waals surface area contributed by atoms with Gasteiger partial charge in [-0.15, -0.1) is 11.3 Å². The lowest BCUT2D eigenvalue weighted by Crippen LogP contribution is -1.98. The second-order valence-corrected chi connectivity index (χ2v) is 6.20. The van der Waals surface area contributed by atoms with Gasteiger partial charge in [-0.25, -0.2) is 0 Å². The van der Waals surface area contributed by atoms with Gasteiger partial charge < -0.3 is 4.74 Å². The summed E-state index contributed by atoms with van der Waals surface area (Å²) >= 11 is 4.96. The van der Waals surface area contributed by atoms with E-state index in [1.807, 2.05) is 12.1 Å². The van der Waals surface area contributed by atoms with Crippen molar-refractivity contribution in [3.05, 3.63) is 54.7 Å². The molecule has 1 heterocycles. The number of halogens is 1. The van der Waals surface area contributed by atoms with Gasteiger partial charge in [0.05, 0.1) is 14.3 Å². The van der Waals surface area contributed by atoms with Crippen molar-refractivity contribution in [1.82, 2.24) is 0 Å². The molecule has 0 N–H and O–H groups in total. The maximum Gasteiger partial charge on any atom is 0.276 e. The first-order valence-electron chi connectivity index (χ1n) is 5.19. The summed E-state index contributed by atoms with van der Waals surface area (Å²) in [5, 5.41) is 10.8. The van der Waals surface area contributed by atoms with Crippen LogP contribution in [-0.4, -0.2) is 4.92 Å². The minimum atomic E-state index is -0.399. The molecule has 0 aliphatic rings. The number of nitro groups is 1. The second-order valence-electron chi connectivity index (χ2n) is 3.65. The Labute approximate surface area is 116 Å². The maximum atomic E-state index is 10.8. The molecule has 2 rings (SSSR count). The van der Waals surface area contributed by atoms with Crippen molar-refractivity contribution in [1.29, 1.82) is 0 Å². The van der Waals surface area contributed by atoms with Crippen molar-refractivity contribution in [3.63, 3.8) is 0 Å². The first-order valence-corrected chi connectivity index (χ1v) is 6.80. The van der Waals surface area contributed by atoms with Gasteiger partial charge in [-0.1, -0.05) is 6.07 Å². The lowest BCUT2D eigenvalue weighted by atomic mass is 10.2. The molecule has 0 atom stereocenters. The maximum absolute atomic E-state index is 10.8. The van der Waals surface area contributed by atoms with Crippen LogP contribution in [0.4, 0.5) is 5.69 Å². The van der Waals surface area contributed by atoms with Gasteiger partial charge in [0.2, 0.25) is 0 Å². The minimum Gasteiger partial charge on any atom is -0.488 e. The monoisotopic (exact) mass is 327 g/mol. The lowest BCUT2D eigenvalue weighted by Gasteiger charge is -2.07. The predicted octanol–water partition coefficient (Wildman–Crippen LogP) is 4.31. The Kier molecular flexibility index (Phi) is 3.98. The van der Waals surface area contributed by atoms with E-state index >= 15 is 0 Å². The SMILES string of the molecule is Cc1c(OCc2ccc(Br)s2)cccc1[N+](=O)[O-]. The smallest absolute Gasteiger partial charge is 0.276 e. The van der Waals surface area contributed by atoms with E-state index in [4.69, 9.17) is 4.74 Å². The van der Waals surface area contributed by atoms with E-state index in [9.17, 15) is 10.1 Å². The molecule has 0 saturated carbocycles. The highest BCUT2D eigenvalue weighted by molar-refractivity contribution is 9.11. The van der Waals surface area contributed by atoms with Crippen LogP contribution in [-0.2, 0) is 6.61 Å². The van der Waals surface area contributed by atoms with Gasteiger partial charge in [-0.3, -0.25) is 10.1 Å². The summed E-state index contributed by atoms with van der Waals surface area (Å²) in [5.41, 5.74) is 0.637. The molecule has 0 aliphatic carbocycles. The van der Waals surface area contributed by atoms with Gasteiger partial charge in [-0.2, -0.15) is 0 Å². The zero-order chi connectivity index (χ0) is 13.1. The fourth-order valence-corrected chi connectivity index (χ4v) is 2.93. The zero-order valence-electron chi connectivity index (χ0n) is 9.55. The summed E-state index contributed by atoms with van der Waals surface area (Å²) in [6.07, 6.45) is 0. The number of hydrogen-bond donors (Lipinski definition) is 0. The van der Waals surface area contributed by atoms with E-state index in [1.165, 1.54) is 6.07 Å². The largest absolute Gasteiger partial charge is 0.488 e. The summed E-state index contributed by atoms with van der Waals surface area (Å²) in [4.78, 5) is 11.5. The third-order valence-electron chi connectivity index (χ3n) is 2.45. The van der Waals surface area contributed by atoms with Crippen LogP contribution in [0.25, 0.3) is 0 Å². The Morgan fingerprint density at radius 2 is 2.17 bits per heavy atom. The van der Waals surface area contributed by atoms with Crippen molar-refractivity contribution in [2.75, 3.05) is 0 Å². The van der Waals surface area contributed by atoms with E-state index < -0.39 is 4.92 Å². The topological polar surface area (TPSA) is 52.4 Å². The molecular weight excluding hydrogens is 318 g/mol. The Bertz CT molecular complexity index is 582. The van der Waals surface area contributed by atoms with E-state index in [-0.39, 0.29) is 5.69 Å². The van der Waals surface area contributed by atoms with Gasteiger partial charge in [0.25, 0.3) is 5.69 Å². The molecule has 0 aliphatic heterocycles. The quantitative estimate of drug-likeness (QED) is 0.621. The number of rotatable bonds is 4. The molecule has 0 bridgehead atoms. The average molecular weight is 328 g/mol. The predicted molar refractivity (Wildman–Crippen MR) is 74.2 cm³/mol. The molecule has 0 radical (unpaired) electrons. The third-order valence-corrected chi connectivity index (χ3v) is 4.05. The number of benzene rings is 1. The van der Waals surface area contributed by atoms with Crippen LogP contribution in [0.2, 0.25) is 0 Å². The number of thiophene rings is 1. The highest BCUT2D eigenvalue weighted by Crippen LogP contribution is 2.29. The Hall–Kier alpha value is -1.40. The van der Waals surface area contributed by atoms with Crippen LogP contribution in [0.5, 0.6) is 5.75 Å². The number of ether oxygens (including phenoxy) is 1. The third kappa shape index (κ3) is 2.88. The van der Waals surface area contributed by atoms with Gasteiger partial charge in [0.15, 0.2) is 0 Å². The van der Waals surface area contributed by atoms with Crippen molar-refractivity contribution in [3.8, 4) is 5.75 Å². The van der Waals surface area contributed by atoms with Gasteiger partial charge in [0.1, 0.15) is 12.4 Å². The molecule has 4 nitrogen and oxygen atoms in total. The van der Waals surface area contributed by atoms with Crippen LogP contribution in [0.1, 0.15) is 10.4 Å². The van der Waals surface area contributed by atoms with Crippen LogP contribution in [0.3, 0.4) is 0 Å². The molecule has 1 aromatic carbocycles. The van der Waals surface area contributed by atoms with Crippen molar-refractivity contribution in [2.45, 2.75) is 13.5 Å². The summed E-state index contributed by atoms with van der Waals surface area (Å²) in [7, 11) is 0. The fourth-order valence-electron chi connectivity index (χ4n) is 1.54. The summed E-state index contributed by atoms with van der Waals surface area (Å²) < 4.78 is 6.65. The molecular formula is C12H10BrNO3S. The molecule has 94 valence electrons. The first-order chi connectivity index (χ1) is 8.58. The van der Waals surface area contributed by atoms with Crippen LogP contribution < -0.4 is 4.74 Å². The van der Waals surface area contributed by atoms with Crippen molar-refractivity contribution >= 4 is 33.0 Å². The minimum absolute atomic E-state index is 0.0832. The summed E-state index contributed by atoms with van der Waals surface area (Å²) in [5.74, 6) is 0.550. The molecule has 6 heteroatoms. The normalized spacial score (nSPS) is 10.3. The lowest BCUT2D eigenvalue weighted by molar-refractivity contribution is -0.385. The molecule has 0 unspecified atom stereocenters. The van der Waals surface area contributed by atoms with Crippen LogP contribution in [0.15, 0.2) is 34.1 Å². The number of nitrogens with zero attached hydrogens (tertiary/aromatic N) is 1. The van der Waals surface area contributed by atoms with Crippen molar-refractivity contribution < 1.29 is 9.66 Å². The van der Waals surface area contributed by atoms with E-state index in [1.54, 1.807) is 30.4 Å². The molecule has 2 aromatic rings. The molecule has 0 amide bonds.